The maximum atomic E-state index is 5.75. The quantitative estimate of drug-likeness (QED) is 0.574. The molecule has 0 radical (unpaired) electrons. The summed E-state index contributed by atoms with van der Waals surface area (Å²) in [4.78, 5) is 0. The second-order valence-electron chi connectivity index (χ2n) is 6.84. The molecule has 0 aromatic heterocycles. The van der Waals surface area contributed by atoms with Gasteiger partial charge in [0, 0.05) is 13.0 Å². The summed E-state index contributed by atoms with van der Waals surface area (Å²) in [5.41, 5.74) is 2.13. The highest BCUT2D eigenvalue weighted by molar-refractivity contribution is 5.33. The van der Waals surface area contributed by atoms with Crippen LogP contribution in [0, 0.1) is 16.7 Å². The lowest BCUT2D eigenvalue weighted by Gasteiger charge is -2.42. The Balaban J connectivity index is 3.19. The smallest absolute Gasteiger partial charge is 0.0823 e. The molecule has 2 unspecified atom stereocenters. The minimum Gasteiger partial charge on any atom is -0.377 e. The van der Waals surface area contributed by atoms with E-state index in [4.69, 9.17) is 4.74 Å². The summed E-state index contributed by atoms with van der Waals surface area (Å²) in [5.74, 6) is 0.486. The summed E-state index contributed by atoms with van der Waals surface area (Å²) in [7, 11) is 1.84. The zero-order valence-electron chi connectivity index (χ0n) is 14.6. The molecule has 0 saturated heterocycles. The predicted molar refractivity (Wildman–Crippen MR) is 88.9 cm³/mol. The topological polar surface area (TPSA) is 9.23 Å². The highest BCUT2D eigenvalue weighted by Gasteiger charge is 2.38. The first-order valence-electron chi connectivity index (χ1n) is 8.34. The summed E-state index contributed by atoms with van der Waals surface area (Å²) >= 11 is 0. The molecule has 0 fully saturated rings. The lowest BCUT2D eigenvalue weighted by Crippen LogP contribution is -2.37. The summed E-state index contributed by atoms with van der Waals surface area (Å²) in [6.45, 7) is 14.0. The van der Waals surface area contributed by atoms with Gasteiger partial charge in [0.25, 0.3) is 0 Å². The highest BCUT2D eigenvalue weighted by atomic mass is 16.5. The van der Waals surface area contributed by atoms with Crippen molar-refractivity contribution >= 4 is 0 Å². The zero-order valence-corrected chi connectivity index (χ0v) is 14.6. The number of rotatable bonds is 7. The van der Waals surface area contributed by atoms with Crippen LogP contribution in [0.5, 0.6) is 0 Å². The third kappa shape index (κ3) is 3.19. The van der Waals surface area contributed by atoms with E-state index in [0.29, 0.717) is 16.7 Å². The minimum atomic E-state index is 0.224. The predicted octanol–water partition coefficient (Wildman–Crippen LogP) is 5.77. The van der Waals surface area contributed by atoms with Crippen LogP contribution in [0.1, 0.15) is 67.2 Å². The van der Waals surface area contributed by atoms with Gasteiger partial charge in [-0.1, -0.05) is 72.6 Å². The molecule has 0 heterocycles. The van der Waals surface area contributed by atoms with Crippen LogP contribution in [0.15, 0.2) is 23.8 Å². The number of allylic oxidation sites excluding steroid dienone is 2. The Labute approximate surface area is 126 Å². The van der Waals surface area contributed by atoms with Crippen molar-refractivity contribution in [2.75, 3.05) is 7.11 Å². The van der Waals surface area contributed by atoms with Crippen LogP contribution >= 0.6 is 0 Å². The molecule has 0 aromatic rings. The van der Waals surface area contributed by atoms with Crippen LogP contribution in [0.25, 0.3) is 0 Å². The van der Waals surface area contributed by atoms with Crippen LogP contribution < -0.4 is 0 Å². The molecule has 1 rings (SSSR count). The Bertz CT molecular complexity index is 356. The molecule has 0 amide bonds. The lowest BCUT2D eigenvalue weighted by atomic mass is 9.65. The summed E-state index contributed by atoms with van der Waals surface area (Å²) in [6.07, 6.45) is 12.1. The second kappa shape index (κ2) is 6.93. The molecule has 1 nitrogen and oxygen atoms in total. The van der Waals surface area contributed by atoms with E-state index in [2.05, 4.69) is 59.8 Å². The third-order valence-electron chi connectivity index (χ3n) is 6.13. The average Bonchev–Trinajstić information content (AvgIpc) is 2.52. The Morgan fingerprint density at radius 1 is 1.00 bits per heavy atom. The van der Waals surface area contributed by atoms with Gasteiger partial charge < -0.3 is 4.74 Å². The van der Waals surface area contributed by atoms with Crippen LogP contribution in [-0.2, 0) is 4.74 Å². The molecule has 1 aliphatic rings. The largest absolute Gasteiger partial charge is 0.377 e. The summed E-state index contributed by atoms with van der Waals surface area (Å²) in [5, 5.41) is 0. The van der Waals surface area contributed by atoms with Gasteiger partial charge in [0.1, 0.15) is 0 Å². The first-order chi connectivity index (χ1) is 9.40. The molecule has 116 valence electrons. The molecular weight excluding hydrogens is 244 g/mol. The summed E-state index contributed by atoms with van der Waals surface area (Å²) in [6, 6.07) is 0. The van der Waals surface area contributed by atoms with Crippen molar-refractivity contribution in [1.82, 2.24) is 0 Å². The van der Waals surface area contributed by atoms with Gasteiger partial charge in [0.15, 0.2) is 0 Å². The van der Waals surface area contributed by atoms with Crippen molar-refractivity contribution < 1.29 is 4.74 Å². The van der Waals surface area contributed by atoms with E-state index < -0.39 is 0 Å². The standard InChI is InChI=1S/C19H34O/c1-8-18(5,9-2)15-12-13-17(20-7)16(14-15)19(6,10-3)11-4/h12-14,16-17H,8-11H2,1-7H3. The Hall–Kier alpha value is -0.560. The molecule has 0 saturated carbocycles. The molecule has 20 heavy (non-hydrogen) atoms. The maximum Gasteiger partial charge on any atom is 0.0823 e. The minimum absolute atomic E-state index is 0.224. The molecule has 0 bridgehead atoms. The Morgan fingerprint density at radius 3 is 1.95 bits per heavy atom. The van der Waals surface area contributed by atoms with E-state index in [9.17, 15) is 0 Å². The van der Waals surface area contributed by atoms with Gasteiger partial charge in [0.2, 0.25) is 0 Å². The summed E-state index contributed by atoms with van der Waals surface area (Å²) < 4.78 is 5.75. The Kier molecular flexibility index (Phi) is 6.06. The number of hydrogen-bond donors (Lipinski definition) is 0. The van der Waals surface area contributed by atoms with Gasteiger partial charge in [-0.2, -0.15) is 0 Å². The molecule has 1 heteroatoms. The van der Waals surface area contributed by atoms with Crippen molar-refractivity contribution in [1.29, 1.82) is 0 Å². The van der Waals surface area contributed by atoms with Crippen LogP contribution in [0.3, 0.4) is 0 Å². The normalized spacial score (nSPS) is 23.9. The van der Waals surface area contributed by atoms with E-state index in [1.54, 1.807) is 0 Å². The number of hydrogen-bond acceptors (Lipinski definition) is 1. The van der Waals surface area contributed by atoms with Gasteiger partial charge in [0.05, 0.1) is 6.10 Å². The molecule has 0 spiro atoms. The first-order valence-corrected chi connectivity index (χ1v) is 8.34. The first kappa shape index (κ1) is 17.5. The van der Waals surface area contributed by atoms with Crippen molar-refractivity contribution in [3.63, 3.8) is 0 Å². The maximum absolute atomic E-state index is 5.75. The average molecular weight is 278 g/mol. The molecule has 0 aromatic carbocycles. The van der Waals surface area contributed by atoms with Crippen molar-refractivity contribution in [2.45, 2.75) is 73.3 Å². The zero-order chi connectivity index (χ0) is 15.4. The van der Waals surface area contributed by atoms with Crippen LogP contribution in [0.4, 0.5) is 0 Å². The monoisotopic (exact) mass is 278 g/mol. The molecular formula is C19H34O. The van der Waals surface area contributed by atoms with Crippen LogP contribution in [0.2, 0.25) is 0 Å². The van der Waals surface area contributed by atoms with Crippen LogP contribution in [-0.4, -0.2) is 13.2 Å². The third-order valence-corrected chi connectivity index (χ3v) is 6.13. The lowest BCUT2D eigenvalue weighted by molar-refractivity contribution is 0.0394. The number of ether oxygens (including phenoxy) is 1. The fourth-order valence-electron chi connectivity index (χ4n) is 3.27. The molecule has 0 aliphatic heterocycles. The van der Waals surface area contributed by atoms with Gasteiger partial charge >= 0.3 is 0 Å². The second-order valence-corrected chi connectivity index (χ2v) is 6.84. The van der Waals surface area contributed by atoms with Gasteiger partial charge in [-0.05, 0) is 29.2 Å². The van der Waals surface area contributed by atoms with E-state index in [1.807, 2.05) is 7.11 Å². The fraction of sp³-hybridized carbons (Fsp3) is 0.789. The molecule has 0 N–H and O–H groups in total. The van der Waals surface area contributed by atoms with E-state index in [1.165, 1.54) is 31.3 Å². The van der Waals surface area contributed by atoms with Gasteiger partial charge in [-0.3, -0.25) is 0 Å². The van der Waals surface area contributed by atoms with Crippen molar-refractivity contribution in [3.05, 3.63) is 23.8 Å². The van der Waals surface area contributed by atoms with E-state index in [0.717, 1.165) is 0 Å². The Morgan fingerprint density at radius 2 is 1.55 bits per heavy atom. The molecule has 1 aliphatic carbocycles. The van der Waals surface area contributed by atoms with E-state index in [-0.39, 0.29) is 6.10 Å². The van der Waals surface area contributed by atoms with E-state index >= 15 is 0 Å². The SMILES string of the molecule is CCC(C)(CC)C1=CC(C(C)(CC)CC)C(OC)C=C1. The highest BCUT2D eigenvalue weighted by Crippen LogP contribution is 2.45. The van der Waals surface area contributed by atoms with Gasteiger partial charge in [-0.25, -0.2) is 0 Å². The van der Waals surface area contributed by atoms with Crippen molar-refractivity contribution in [3.8, 4) is 0 Å². The fourth-order valence-corrected chi connectivity index (χ4v) is 3.27. The molecule has 2 atom stereocenters. The van der Waals surface area contributed by atoms with Gasteiger partial charge in [-0.15, -0.1) is 0 Å². The number of methoxy groups -OCH3 is 1. The van der Waals surface area contributed by atoms with Crippen molar-refractivity contribution in [2.24, 2.45) is 16.7 Å².